The van der Waals surface area contributed by atoms with Crippen LogP contribution in [-0.4, -0.2) is 16.6 Å². The van der Waals surface area contributed by atoms with E-state index in [0.29, 0.717) is 0 Å². The third-order valence-corrected chi connectivity index (χ3v) is 3.42. The molecule has 3 N–H and O–H groups in total. The van der Waals surface area contributed by atoms with E-state index < -0.39 is 5.60 Å². The van der Waals surface area contributed by atoms with E-state index >= 15 is 0 Å². The fourth-order valence-electron chi connectivity index (χ4n) is 2.15. The molecule has 0 aliphatic carbocycles. The minimum atomic E-state index is -0.997. The molecule has 90 valence electrons. The number of nitrogens with zero attached hydrogens (tertiary/aromatic N) is 1. The molecule has 0 aliphatic rings. The van der Waals surface area contributed by atoms with Gasteiger partial charge in [0.15, 0.2) is 0 Å². The molecule has 3 heteroatoms. The molecule has 2 rings (SSSR count). The van der Waals surface area contributed by atoms with Gasteiger partial charge in [0.25, 0.3) is 0 Å². The first-order chi connectivity index (χ1) is 8.09. The second-order valence-corrected chi connectivity index (χ2v) is 4.69. The normalized spacial score (nSPS) is 15.1. The Labute approximate surface area is 101 Å². The van der Waals surface area contributed by atoms with E-state index in [1.807, 2.05) is 38.1 Å². The van der Waals surface area contributed by atoms with Crippen molar-refractivity contribution in [1.82, 2.24) is 4.98 Å². The predicted octanol–water partition coefficient (Wildman–Crippen LogP) is 2.04. The largest absolute Gasteiger partial charge is 0.384 e. The van der Waals surface area contributed by atoms with Gasteiger partial charge in [0, 0.05) is 24.3 Å². The van der Waals surface area contributed by atoms with Crippen LogP contribution in [0.3, 0.4) is 0 Å². The number of rotatable bonds is 3. The molecule has 0 saturated carbocycles. The lowest BCUT2D eigenvalue weighted by atomic mass is 9.81. The van der Waals surface area contributed by atoms with Crippen LogP contribution in [0, 0.1) is 5.92 Å². The van der Waals surface area contributed by atoms with Crippen molar-refractivity contribution in [3.63, 3.8) is 0 Å². The molecule has 0 spiro atoms. The number of fused-ring (bicyclic) bond motifs is 1. The van der Waals surface area contributed by atoms with E-state index in [1.54, 1.807) is 12.4 Å². The lowest BCUT2D eigenvalue weighted by Crippen LogP contribution is -2.40. The summed E-state index contributed by atoms with van der Waals surface area (Å²) in [6.45, 7) is 4.16. The predicted molar refractivity (Wildman–Crippen MR) is 69.5 cm³/mol. The molecule has 0 bridgehead atoms. The highest BCUT2D eigenvalue weighted by atomic mass is 16.3. The zero-order valence-corrected chi connectivity index (χ0v) is 10.2. The molecule has 17 heavy (non-hydrogen) atoms. The van der Waals surface area contributed by atoms with Gasteiger partial charge in [0.05, 0.1) is 0 Å². The van der Waals surface area contributed by atoms with Crippen molar-refractivity contribution < 1.29 is 5.11 Å². The first-order valence-electron chi connectivity index (χ1n) is 5.85. The highest BCUT2D eigenvalue weighted by Gasteiger charge is 2.32. The molecule has 1 atom stereocenters. The zero-order valence-electron chi connectivity index (χ0n) is 10.2. The Kier molecular flexibility index (Phi) is 3.13. The minimum absolute atomic E-state index is 0.0540. The summed E-state index contributed by atoms with van der Waals surface area (Å²) in [6.07, 6.45) is 3.54. The number of nitrogens with two attached hydrogens (primary N) is 1. The molecule has 0 saturated heterocycles. The van der Waals surface area contributed by atoms with E-state index in [0.717, 1.165) is 16.3 Å². The quantitative estimate of drug-likeness (QED) is 0.848. The van der Waals surface area contributed by atoms with E-state index in [9.17, 15) is 5.11 Å². The van der Waals surface area contributed by atoms with E-state index in [4.69, 9.17) is 5.73 Å². The van der Waals surface area contributed by atoms with Crippen LogP contribution in [0.15, 0.2) is 36.7 Å². The summed E-state index contributed by atoms with van der Waals surface area (Å²) in [5, 5.41) is 12.8. The maximum atomic E-state index is 10.7. The van der Waals surface area contributed by atoms with Crippen LogP contribution >= 0.6 is 0 Å². The van der Waals surface area contributed by atoms with Crippen LogP contribution in [-0.2, 0) is 5.60 Å². The van der Waals surface area contributed by atoms with Gasteiger partial charge >= 0.3 is 0 Å². The van der Waals surface area contributed by atoms with E-state index in [1.165, 1.54) is 0 Å². The van der Waals surface area contributed by atoms with Gasteiger partial charge in [-0.25, -0.2) is 0 Å². The summed E-state index contributed by atoms with van der Waals surface area (Å²) < 4.78 is 0. The fraction of sp³-hybridized carbons (Fsp3) is 0.357. The topological polar surface area (TPSA) is 59.1 Å². The molecule has 2 aromatic rings. The van der Waals surface area contributed by atoms with Gasteiger partial charge in [0.2, 0.25) is 0 Å². The maximum Gasteiger partial charge on any atom is 0.105 e. The van der Waals surface area contributed by atoms with Crippen LogP contribution in [0.4, 0.5) is 0 Å². The molecule has 1 aromatic carbocycles. The lowest BCUT2D eigenvalue weighted by Gasteiger charge is -2.32. The number of aromatic nitrogens is 1. The highest BCUT2D eigenvalue weighted by Crippen LogP contribution is 2.33. The van der Waals surface area contributed by atoms with Crippen molar-refractivity contribution >= 4 is 10.8 Å². The Morgan fingerprint density at radius 3 is 2.76 bits per heavy atom. The number of benzene rings is 1. The Bertz CT molecular complexity index is 519. The third kappa shape index (κ3) is 1.92. The highest BCUT2D eigenvalue weighted by molar-refractivity contribution is 5.85. The zero-order chi connectivity index (χ0) is 12.5. The van der Waals surface area contributed by atoms with E-state index in [-0.39, 0.29) is 12.5 Å². The van der Waals surface area contributed by atoms with Crippen LogP contribution < -0.4 is 5.73 Å². The Morgan fingerprint density at radius 1 is 1.35 bits per heavy atom. The summed E-state index contributed by atoms with van der Waals surface area (Å²) in [7, 11) is 0. The molecular weight excluding hydrogens is 212 g/mol. The smallest absolute Gasteiger partial charge is 0.105 e. The number of hydrogen-bond donors (Lipinski definition) is 2. The molecule has 3 nitrogen and oxygen atoms in total. The first kappa shape index (κ1) is 12.0. The number of hydrogen-bond acceptors (Lipinski definition) is 3. The number of pyridine rings is 1. The van der Waals surface area contributed by atoms with Crippen molar-refractivity contribution in [3.05, 3.63) is 42.2 Å². The molecule has 0 amide bonds. The molecule has 0 fully saturated rings. The van der Waals surface area contributed by atoms with Crippen molar-refractivity contribution in [3.8, 4) is 0 Å². The van der Waals surface area contributed by atoms with Crippen LogP contribution in [0.5, 0.6) is 0 Å². The average Bonchev–Trinajstić information content (AvgIpc) is 2.37. The summed E-state index contributed by atoms with van der Waals surface area (Å²) in [4.78, 5) is 4.13. The summed E-state index contributed by atoms with van der Waals surface area (Å²) in [6, 6.07) is 7.82. The summed E-state index contributed by atoms with van der Waals surface area (Å²) in [5.74, 6) is 0.0540. The van der Waals surface area contributed by atoms with Crippen molar-refractivity contribution in [2.24, 2.45) is 11.7 Å². The average molecular weight is 230 g/mol. The Balaban J connectivity index is 2.70. The maximum absolute atomic E-state index is 10.7. The minimum Gasteiger partial charge on any atom is -0.384 e. The molecular formula is C14H18N2O. The SMILES string of the molecule is CC(C)C(O)(CN)c1cccc2ccncc12. The van der Waals surface area contributed by atoms with Crippen LogP contribution in [0.1, 0.15) is 19.4 Å². The van der Waals surface area contributed by atoms with Gasteiger partial charge < -0.3 is 10.8 Å². The fourth-order valence-corrected chi connectivity index (χ4v) is 2.15. The molecule has 1 unspecified atom stereocenters. The monoisotopic (exact) mass is 230 g/mol. The Hall–Kier alpha value is -1.45. The first-order valence-corrected chi connectivity index (χ1v) is 5.85. The Morgan fingerprint density at radius 2 is 2.12 bits per heavy atom. The summed E-state index contributed by atoms with van der Waals surface area (Å²) >= 11 is 0. The standard InChI is InChI=1S/C14H18N2O/c1-10(2)14(17,9-15)13-5-3-4-11-6-7-16-8-12(11)13/h3-8,10,17H,9,15H2,1-2H3. The van der Waals surface area contributed by atoms with Gasteiger partial charge in [-0.05, 0) is 22.9 Å². The molecule has 0 aliphatic heterocycles. The summed E-state index contributed by atoms with van der Waals surface area (Å²) in [5.41, 5.74) is 5.62. The second kappa shape index (κ2) is 4.43. The molecule has 1 heterocycles. The van der Waals surface area contributed by atoms with Crippen LogP contribution in [0.2, 0.25) is 0 Å². The van der Waals surface area contributed by atoms with Gasteiger partial charge in [0.1, 0.15) is 5.60 Å². The van der Waals surface area contributed by atoms with Crippen molar-refractivity contribution in [2.45, 2.75) is 19.4 Å². The van der Waals surface area contributed by atoms with Gasteiger partial charge in [-0.2, -0.15) is 0 Å². The van der Waals surface area contributed by atoms with Crippen molar-refractivity contribution in [1.29, 1.82) is 0 Å². The van der Waals surface area contributed by atoms with Gasteiger partial charge in [-0.1, -0.05) is 32.0 Å². The van der Waals surface area contributed by atoms with Gasteiger partial charge in [-0.15, -0.1) is 0 Å². The third-order valence-electron chi connectivity index (χ3n) is 3.42. The molecule has 0 radical (unpaired) electrons. The van der Waals surface area contributed by atoms with Crippen LogP contribution in [0.25, 0.3) is 10.8 Å². The van der Waals surface area contributed by atoms with E-state index in [2.05, 4.69) is 4.98 Å². The van der Waals surface area contributed by atoms with Crippen molar-refractivity contribution in [2.75, 3.05) is 6.54 Å². The lowest BCUT2D eigenvalue weighted by molar-refractivity contribution is 0.000266. The number of aliphatic hydroxyl groups is 1. The molecule has 1 aromatic heterocycles. The van der Waals surface area contributed by atoms with Gasteiger partial charge in [-0.3, -0.25) is 4.98 Å². The second-order valence-electron chi connectivity index (χ2n) is 4.69.